The number of hydroxylamine groups is 3. The van der Waals surface area contributed by atoms with E-state index in [1.807, 2.05) is 44.2 Å². The fourth-order valence-corrected chi connectivity index (χ4v) is 5.51. The van der Waals surface area contributed by atoms with Gasteiger partial charge in [0, 0.05) is 30.7 Å². The first kappa shape index (κ1) is 34.2. The maximum Gasteiger partial charge on any atom is 0.339 e. The molecule has 0 bridgehead atoms. The highest BCUT2D eigenvalue weighted by molar-refractivity contribution is 6.36. The molecule has 3 aromatic rings. The minimum absolute atomic E-state index is 0.0974. The molecule has 1 unspecified atom stereocenters. The van der Waals surface area contributed by atoms with E-state index in [2.05, 4.69) is 0 Å². The molecule has 1 heterocycles. The van der Waals surface area contributed by atoms with Gasteiger partial charge in [0.05, 0.1) is 31.0 Å². The minimum atomic E-state index is -0.373. The lowest BCUT2D eigenvalue weighted by Crippen LogP contribution is -2.50. The van der Waals surface area contributed by atoms with Gasteiger partial charge >= 0.3 is 6.03 Å². The van der Waals surface area contributed by atoms with Gasteiger partial charge in [-0.2, -0.15) is 0 Å². The van der Waals surface area contributed by atoms with Crippen LogP contribution >= 0.6 is 0 Å². The number of carbonyl (C=O) groups is 2. The Morgan fingerprint density at radius 1 is 1.02 bits per heavy atom. The highest BCUT2D eigenvalue weighted by Gasteiger charge is 2.42. The molecule has 5 rings (SSSR count). The third kappa shape index (κ3) is 7.51. The molecule has 1 saturated carbocycles. The van der Waals surface area contributed by atoms with Crippen molar-refractivity contribution >= 4 is 34.8 Å². The van der Waals surface area contributed by atoms with Crippen LogP contribution in [0.25, 0.3) is 0 Å². The number of aliphatic imine (C=N–C) groups is 1. The molecule has 0 aromatic heterocycles. The smallest absolute Gasteiger partial charge is 0.339 e. The monoisotopic (exact) mass is 648 g/mol. The van der Waals surface area contributed by atoms with Gasteiger partial charge < -0.3 is 25.2 Å². The van der Waals surface area contributed by atoms with Gasteiger partial charge in [0.2, 0.25) is 0 Å². The number of hydrogen-bond donors (Lipinski definition) is 1. The van der Waals surface area contributed by atoms with Crippen LogP contribution in [0.1, 0.15) is 46.5 Å². The molecule has 2 aliphatic rings. The van der Waals surface area contributed by atoms with E-state index in [0.717, 1.165) is 31.3 Å². The summed E-state index contributed by atoms with van der Waals surface area (Å²) in [5.41, 5.74) is 10.0. The van der Waals surface area contributed by atoms with Crippen molar-refractivity contribution in [3.05, 3.63) is 119 Å². The van der Waals surface area contributed by atoms with Crippen molar-refractivity contribution in [1.29, 1.82) is 0 Å². The van der Waals surface area contributed by atoms with E-state index in [1.165, 1.54) is 15.9 Å². The molecule has 1 atom stereocenters. The number of nitrogens with two attached hydrogens (primary N) is 1. The zero-order valence-corrected chi connectivity index (χ0v) is 28.3. The normalized spacial score (nSPS) is 18.7. The number of benzene rings is 3. The Morgan fingerprint density at radius 3 is 2.33 bits per heavy atom. The fraction of sp³-hybridized carbons (Fsp3) is 0.289. The number of nitrogens with zero attached hydrogens (tertiary/aromatic N) is 5. The number of likely N-dealkylation sites (N-methyl/N-ethyl adjacent to an activating group) is 2. The molecule has 1 aliphatic heterocycles. The standard InChI is InChI=1S/C38H44N6O4/c1-6-27(2)26-40-37-36(28(3)39)42(29-20-22-34(23-21-29)48-33-17-8-7-9-18-33)38(46)43(37)31-14-10-13-30(25-31)41(4)35(45)19-12-24-44(5,47)32-15-11-16-32/h7-10,12-14,17-23,25-26,32H,6,11,15-16,24,39H2,1-5H3/b19-12+,27-26+,36-28-,40-37+. The Morgan fingerprint density at radius 2 is 1.71 bits per heavy atom. The lowest BCUT2D eigenvalue weighted by molar-refractivity contribution is -0.886. The lowest BCUT2D eigenvalue weighted by Gasteiger charge is -2.48. The molecule has 3 aromatic carbocycles. The van der Waals surface area contributed by atoms with Crippen LogP contribution in [0.3, 0.4) is 0 Å². The van der Waals surface area contributed by atoms with Gasteiger partial charge in [0.15, 0.2) is 5.84 Å². The molecule has 0 radical (unpaired) electrons. The maximum atomic E-state index is 14.4. The molecule has 1 aliphatic carbocycles. The lowest BCUT2D eigenvalue weighted by atomic mass is 9.91. The molecule has 10 heteroatoms. The predicted molar refractivity (Wildman–Crippen MR) is 193 cm³/mol. The van der Waals surface area contributed by atoms with Gasteiger partial charge in [0.25, 0.3) is 5.91 Å². The number of quaternary nitrogens is 1. The Kier molecular flexibility index (Phi) is 10.5. The second kappa shape index (κ2) is 14.7. The number of anilines is 3. The molecule has 1 saturated heterocycles. The average Bonchev–Trinajstić information content (AvgIpc) is 3.34. The highest BCUT2D eigenvalue weighted by Crippen LogP contribution is 2.36. The average molecular weight is 649 g/mol. The third-order valence-electron chi connectivity index (χ3n) is 8.82. The van der Waals surface area contributed by atoms with Crippen molar-refractivity contribution in [3.63, 3.8) is 0 Å². The number of allylic oxidation sites excluding steroid dienone is 2. The van der Waals surface area contributed by atoms with E-state index >= 15 is 0 Å². The zero-order chi connectivity index (χ0) is 34.4. The van der Waals surface area contributed by atoms with Crippen LogP contribution in [0.2, 0.25) is 0 Å². The Bertz CT molecular complexity index is 1750. The quantitative estimate of drug-likeness (QED) is 0.129. The molecule has 48 heavy (non-hydrogen) atoms. The van der Waals surface area contributed by atoms with Crippen molar-refractivity contribution < 1.29 is 19.0 Å². The van der Waals surface area contributed by atoms with Gasteiger partial charge in [-0.1, -0.05) is 36.8 Å². The number of amidine groups is 1. The van der Waals surface area contributed by atoms with Crippen molar-refractivity contribution in [3.8, 4) is 11.5 Å². The fourth-order valence-electron chi connectivity index (χ4n) is 5.51. The third-order valence-corrected chi connectivity index (χ3v) is 8.82. The summed E-state index contributed by atoms with van der Waals surface area (Å²) in [5, 5.41) is 12.9. The summed E-state index contributed by atoms with van der Waals surface area (Å²) in [7, 11) is 3.33. The predicted octanol–water partition coefficient (Wildman–Crippen LogP) is 7.84. The number of hydrogen-bond acceptors (Lipinski definition) is 6. The summed E-state index contributed by atoms with van der Waals surface area (Å²) in [6, 6.07) is 23.5. The maximum absolute atomic E-state index is 14.4. The van der Waals surface area contributed by atoms with E-state index in [-0.39, 0.29) is 29.2 Å². The van der Waals surface area contributed by atoms with Crippen LogP contribution in [-0.4, -0.2) is 49.1 Å². The van der Waals surface area contributed by atoms with E-state index in [9.17, 15) is 14.8 Å². The summed E-state index contributed by atoms with van der Waals surface area (Å²) in [6.07, 6.45) is 8.56. The van der Waals surface area contributed by atoms with Crippen LogP contribution in [0.15, 0.2) is 119 Å². The zero-order valence-electron chi connectivity index (χ0n) is 28.3. The SMILES string of the molecule is CC/C(C)=C/N=C1\C(=C(/C)N)N(c2ccc(Oc3ccccc3)cc2)C(=O)N1c1cccc(N(C)C(=O)/C=C/C[N+](C)([O-])C2CCC2)c1. The van der Waals surface area contributed by atoms with Crippen molar-refractivity contribution in [2.75, 3.05) is 35.3 Å². The van der Waals surface area contributed by atoms with Crippen LogP contribution in [0.4, 0.5) is 21.9 Å². The molecule has 10 nitrogen and oxygen atoms in total. The van der Waals surface area contributed by atoms with Crippen molar-refractivity contribution in [2.45, 2.75) is 52.5 Å². The van der Waals surface area contributed by atoms with Gasteiger partial charge in [-0.25, -0.2) is 14.7 Å². The van der Waals surface area contributed by atoms with E-state index in [4.69, 9.17) is 15.5 Å². The second-order valence-corrected chi connectivity index (χ2v) is 12.4. The summed E-state index contributed by atoms with van der Waals surface area (Å²) in [4.78, 5) is 36.8. The number of para-hydroxylation sites is 1. The number of carbonyl (C=O) groups excluding carboxylic acids is 2. The number of ether oxygens (including phenoxy) is 1. The van der Waals surface area contributed by atoms with Crippen LogP contribution in [-0.2, 0) is 4.79 Å². The summed E-state index contributed by atoms with van der Waals surface area (Å²) in [6.45, 7) is 5.99. The van der Waals surface area contributed by atoms with E-state index in [1.54, 1.807) is 86.7 Å². The van der Waals surface area contributed by atoms with Crippen molar-refractivity contribution in [1.82, 2.24) is 0 Å². The molecule has 0 spiro atoms. The Balaban J connectivity index is 1.45. The minimum Gasteiger partial charge on any atom is -0.633 e. The molecular weight excluding hydrogens is 604 g/mol. The first-order valence-electron chi connectivity index (χ1n) is 16.3. The first-order valence-corrected chi connectivity index (χ1v) is 16.3. The summed E-state index contributed by atoms with van der Waals surface area (Å²) >= 11 is 0. The Labute approximate surface area is 282 Å². The largest absolute Gasteiger partial charge is 0.633 e. The molecular formula is C38H44N6O4. The molecule has 2 fully saturated rings. The first-order chi connectivity index (χ1) is 23.0. The molecule has 3 amide bonds. The Hall–Kier alpha value is -5.19. The van der Waals surface area contributed by atoms with Crippen LogP contribution in [0.5, 0.6) is 11.5 Å². The number of urea groups is 1. The summed E-state index contributed by atoms with van der Waals surface area (Å²) in [5.74, 6) is 1.42. The van der Waals surface area contributed by atoms with Crippen LogP contribution in [0, 0.1) is 5.21 Å². The number of amides is 3. The van der Waals surface area contributed by atoms with E-state index < -0.39 is 0 Å². The highest BCUT2D eigenvalue weighted by atomic mass is 16.5. The van der Waals surface area contributed by atoms with Crippen LogP contribution < -0.4 is 25.2 Å². The topological polar surface area (TPSA) is 115 Å². The van der Waals surface area contributed by atoms with Crippen molar-refractivity contribution in [2.24, 2.45) is 10.7 Å². The van der Waals surface area contributed by atoms with Gasteiger partial charge in [-0.05, 0) is 100 Å². The van der Waals surface area contributed by atoms with E-state index in [0.29, 0.717) is 45.8 Å². The number of rotatable bonds is 11. The second-order valence-electron chi connectivity index (χ2n) is 12.4. The van der Waals surface area contributed by atoms with Gasteiger partial charge in [0.1, 0.15) is 17.2 Å². The molecule has 2 N–H and O–H groups in total. The summed E-state index contributed by atoms with van der Waals surface area (Å²) < 4.78 is 5.59. The molecule has 250 valence electrons. The van der Waals surface area contributed by atoms with Gasteiger partial charge in [-0.15, -0.1) is 0 Å². The van der Waals surface area contributed by atoms with Gasteiger partial charge in [-0.3, -0.25) is 9.69 Å².